The van der Waals surface area contributed by atoms with Gasteiger partial charge in [0.25, 0.3) is 0 Å². The second kappa shape index (κ2) is 4.49. The Bertz CT molecular complexity index is 527. The topological polar surface area (TPSA) is 42.8 Å². The zero-order valence-electron chi connectivity index (χ0n) is 9.23. The first-order valence-corrected chi connectivity index (χ1v) is 5.46. The van der Waals surface area contributed by atoms with E-state index >= 15 is 0 Å². The Labute approximate surface area is 98.9 Å². The molecule has 16 heavy (non-hydrogen) atoms. The monoisotopic (exact) mass is 235 g/mol. The maximum atomic E-state index is 5.14. The molecular weight excluding hydrogens is 222 g/mol. The van der Waals surface area contributed by atoms with Crippen LogP contribution < -0.4 is 4.74 Å². The molecule has 0 saturated heterocycles. The summed E-state index contributed by atoms with van der Waals surface area (Å²) >= 11 is 5.14. The van der Waals surface area contributed by atoms with Gasteiger partial charge < -0.3 is 9.30 Å². The number of aromatic nitrogens is 3. The maximum absolute atomic E-state index is 5.14. The van der Waals surface area contributed by atoms with Crippen LogP contribution in [-0.4, -0.2) is 21.9 Å². The summed E-state index contributed by atoms with van der Waals surface area (Å²) in [5, 5.41) is 7.02. The smallest absolute Gasteiger partial charge is 0.195 e. The summed E-state index contributed by atoms with van der Waals surface area (Å²) in [6.07, 6.45) is 0. The SMILES string of the molecule is CCn1c(-c2ccc(OC)cc2)n[nH]c1=S. The van der Waals surface area contributed by atoms with Crippen molar-refractivity contribution >= 4 is 12.2 Å². The van der Waals surface area contributed by atoms with Gasteiger partial charge in [-0.25, -0.2) is 0 Å². The zero-order chi connectivity index (χ0) is 11.5. The third kappa shape index (κ3) is 1.86. The molecule has 5 heteroatoms. The molecule has 1 heterocycles. The normalized spacial score (nSPS) is 10.4. The number of ether oxygens (including phenoxy) is 1. The second-order valence-electron chi connectivity index (χ2n) is 3.33. The van der Waals surface area contributed by atoms with Gasteiger partial charge in [-0.15, -0.1) is 0 Å². The van der Waals surface area contributed by atoms with Gasteiger partial charge in [-0.2, -0.15) is 5.10 Å². The van der Waals surface area contributed by atoms with E-state index in [-0.39, 0.29) is 0 Å². The Balaban J connectivity index is 2.46. The Morgan fingerprint density at radius 1 is 1.38 bits per heavy atom. The number of hydrogen-bond donors (Lipinski definition) is 1. The summed E-state index contributed by atoms with van der Waals surface area (Å²) < 4.78 is 7.71. The van der Waals surface area contributed by atoms with E-state index in [1.165, 1.54) is 0 Å². The van der Waals surface area contributed by atoms with E-state index in [4.69, 9.17) is 17.0 Å². The van der Waals surface area contributed by atoms with Gasteiger partial charge >= 0.3 is 0 Å². The summed E-state index contributed by atoms with van der Waals surface area (Å²) in [5.74, 6) is 1.69. The Hall–Kier alpha value is -1.62. The fourth-order valence-corrected chi connectivity index (χ4v) is 1.83. The van der Waals surface area contributed by atoms with Gasteiger partial charge in [0.2, 0.25) is 0 Å². The predicted molar refractivity (Wildman–Crippen MR) is 65.1 cm³/mol. The maximum Gasteiger partial charge on any atom is 0.195 e. The molecule has 1 aromatic carbocycles. The second-order valence-corrected chi connectivity index (χ2v) is 3.71. The van der Waals surface area contributed by atoms with Crippen LogP contribution in [0.15, 0.2) is 24.3 Å². The van der Waals surface area contributed by atoms with Gasteiger partial charge in [0.05, 0.1) is 7.11 Å². The van der Waals surface area contributed by atoms with Gasteiger partial charge in [0.1, 0.15) is 5.75 Å². The molecule has 2 aromatic rings. The Morgan fingerprint density at radius 3 is 2.62 bits per heavy atom. The number of hydrogen-bond acceptors (Lipinski definition) is 3. The lowest BCUT2D eigenvalue weighted by Crippen LogP contribution is -1.97. The number of methoxy groups -OCH3 is 1. The van der Waals surface area contributed by atoms with Crippen molar-refractivity contribution in [2.45, 2.75) is 13.5 Å². The predicted octanol–water partition coefficient (Wildman–Crippen LogP) is 2.64. The Kier molecular flexibility index (Phi) is 3.05. The van der Waals surface area contributed by atoms with Crippen molar-refractivity contribution in [3.8, 4) is 17.1 Å². The molecular formula is C11H13N3OS. The number of rotatable bonds is 3. The van der Waals surface area contributed by atoms with E-state index in [1.807, 2.05) is 35.8 Å². The van der Waals surface area contributed by atoms with E-state index in [0.29, 0.717) is 4.77 Å². The molecule has 1 N–H and O–H groups in total. The molecule has 84 valence electrons. The fourth-order valence-electron chi connectivity index (χ4n) is 1.57. The minimum atomic E-state index is 0.647. The molecule has 0 bridgehead atoms. The van der Waals surface area contributed by atoms with E-state index in [0.717, 1.165) is 23.7 Å². The molecule has 0 unspecified atom stereocenters. The fraction of sp³-hybridized carbons (Fsp3) is 0.273. The van der Waals surface area contributed by atoms with Gasteiger partial charge in [-0.1, -0.05) is 0 Å². The van der Waals surface area contributed by atoms with Crippen molar-refractivity contribution in [3.05, 3.63) is 29.0 Å². The summed E-state index contributed by atoms with van der Waals surface area (Å²) in [4.78, 5) is 0. The molecule has 0 aliphatic heterocycles. The highest BCUT2D eigenvalue weighted by Crippen LogP contribution is 2.20. The summed E-state index contributed by atoms with van der Waals surface area (Å²) in [7, 11) is 1.65. The van der Waals surface area contributed by atoms with Crippen molar-refractivity contribution in [1.82, 2.24) is 14.8 Å². The van der Waals surface area contributed by atoms with Crippen molar-refractivity contribution < 1.29 is 4.74 Å². The van der Waals surface area contributed by atoms with Crippen LogP contribution >= 0.6 is 12.2 Å². The lowest BCUT2D eigenvalue weighted by molar-refractivity contribution is 0.415. The number of nitrogens with one attached hydrogen (secondary N) is 1. The molecule has 2 rings (SSSR count). The standard InChI is InChI=1S/C11H13N3OS/c1-3-14-10(12-13-11(14)16)8-4-6-9(15-2)7-5-8/h4-7H,3H2,1-2H3,(H,13,16). The van der Waals surface area contributed by atoms with Crippen molar-refractivity contribution in [2.75, 3.05) is 7.11 Å². The van der Waals surface area contributed by atoms with Gasteiger partial charge in [-0.05, 0) is 43.4 Å². The van der Waals surface area contributed by atoms with Crippen LogP contribution in [-0.2, 0) is 6.54 Å². The minimum Gasteiger partial charge on any atom is -0.497 e. The molecule has 0 aliphatic carbocycles. The Morgan fingerprint density at radius 2 is 2.06 bits per heavy atom. The van der Waals surface area contributed by atoms with Crippen LogP contribution in [0.3, 0.4) is 0 Å². The molecule has 1 aromatic heterocycles. The van der Waals surface area contributed by atoms with E-state index < -0.39 is 0 Å². The van der Waals surface area contributed by atoms with Crippen molar-refractivity contribution in [3.63, 3.8) is 0 Å². The molecule has 0 saturated carbocycles. The van der Waals surface area contributed by atoms with Crippen LogP contribution in [0.25, 0.3) is 11.4 Å². The van der Waals surface area contributed by atoms with E-state index in [1.54, 1.807) is 7.11 Å². The van der Waals surface area contributed by atoms with Crippen LogP contribution in [0.5, 0.6) is 5.75 Å². The van der Waals surface area contributed by atoms with Crippen molar-refractivity contribution in [2.24, 2.45) is 0 Å². The van der Waals surface area contributed by atoms with Crippen molar-refractivity contribution in [1.29, 1.82) is 0 Å². The van der Waals surface area contributed by atoms with Gasteiger partial charge in [-0.3, -0.25) is 5.10 Å². The third-order valence-electron chi connectivity index (χ3n) is 2.42. The van der Waals surface area contributed by atoms with Crippen LogP contribution in [0.4, 0.5) is 0 Å². The average Bonchev–Trinajstić information content (AvgIpc) is 2.70. The molecule has 0 amide bonds. The number of H-pyrrole nitrogens is 1. The van der Waals surface area contributed by atoms with Crippen LogP contribution in [0.2, 0.25) is 0 Å². The number of benzene rings is 1. The van der Waals surface area contributed by atoms with Gasteiger partial charge in [0, 0.05) is 12.1 Å². The molecule has 0 radical (unpaired) electrons. The first-order valence-electron chi connectivity index (χ1n) is 5.06. The lowest BCUT2D eigenvalue weighted by Gasteiger charge is -2.04. The first kappa shape index (κ1) is 10.9. The molecule has 0 fully saturated rings. The van der Waals surface area contributed by atoms with Gasteiger partial charge in [0.15, 0.2) is 10.6 Å². The third-order valence-corrected chi connectivity index (χ3v) is 2.73. The largest absolute Gasteiger partial charge is 0.497 e. The average molecular weight is 235 g/mol. The molecule has 0 aliphatic rings. The van der Waals surface area contributed by atoms with E-state index in [2.05, 4.69) is 10.2 Å². The minimum absolute atomic E-state index is 0.647. The summed E-state index contributed by atoms with van der Waals surface area (Å²) in [5.41, 5.74) is 1.02. The molecule has 0 atom stereocenters. The lowest BCUT2D eigenvalue weighted by atomic mass is 10.2. The number of nitrogens with zero attached hydrogens (tertiary/aromatic N) is 2. The van der Waals surface area contributed by atoms with Crippen LogP contribution in [0, 0.1) is 4.77 Å². The zero-order valence-corrected chi connectivity index (χ0v) is 10.0. The molecule has 0 spiro atoms. The van der Waals surface area contributed by atoms with E-state index in [9.17, 15) is 0 Å². The summed E-state index contributed by atoms with van der Waals surface area (Å²) in [6.45, 7) is 2.84. The molecule has 4 nitrogen and oxygen atoms in total. The number of aromatic amines is 1. The highest BCUT2D eigenvalue weighted by Gasteiger charge is 2.06. The summed E-state index contributed by atoms with van der Waals surface area (Å²) in [6, 6.07) is 7.76. The highest BCUT2D eigenvalue weighted by molar-refractivity contribution is 7.71. The van der Waals surface area contributed by atoms with Crippen LogP contribution in [0.1, 0.15) is 6.92 Å². The first-order chi connectivity index (χ1) is 7.76. The highest BCUT2D eigenvalue weighted by atomic mass is 32.1. The quantitative estimate of drug-likeness (QED) is 0.832.